The molecule has 1 atom stereocenters. The molecule has 0 heterocycles. The van der Waals surface area contributed by atoms with Crippen molar-refractivity contribution in [3.63, 3.8) is 0 Å². The molecule has 0 aromatic heterocycles. The highest BCUT2D eigenvalue weighted by Crippen LogP contribution is 2.26. The maximum absolute atomic E-state index is 13.7. The van der Waals surface area contributed by atoms with E-state index in [1.165, 1.54) is 19.2 Å². The highest BCUT2D eigenvalue weighted by atomic mass is 19.1. The Kier molecular flexibility index (Phi) is 4.23. The summed E-state index contributed by atoms with van der Waals surface area (Å²) in [5.74, 6) is -0.0660. The van der Waals surface area contributed by atoms with E-state index in [9.17, 15) is 8.78 Å². The van der Waals surface area contributed by atoms with Gasteiger partial charge in [0.25, 0.3) is 0 Å². The predicted octanol–water partition coefficient (Wildman–Crippen LogP) is 4.45. The van der Waals surface area contributed by atoms with Crippen molar-refractivity contribution in [2.75, 3.05) is 12.4 Å². The molecule has 20 heavy (non-hydrogen) atoms. The lowest BCUT2D eigenvalue weighted by atomic mass is 10.1. The zero-order valence-corrected chi connectivity index (χ0v) is 11.7. The van der Waals surface area contributed by atoms with Gasteiger partial charge in [0.1, 0.15) is 17.4 Å². The number of halogens is 2. The summed E-state index contributed by atoms with van der Waals surface area (Å²) in [5.41, 5.74) is 1.68. The second-order valence-electron chi connectivity index (χ2n) is 4.72. The number of anilines is 1. The van der Waals surface area contributed by atoms with Gasteiger partial charge in [-0.25, -0.2) is 8.78 Å². The Labute approximate surface area is 117 Å². The Morgan fingerprint density at radius 1 is 1.05 bits per heavy atom. The monoisotopic (exact) mass is 277 g/mol. The second kappa shape index (κ2) is 5.90. The van der Waals surface area contributed by atoms with Crippen LogP contribution in [0.2, 0.25) is 0 Å². The lowest BCUT2D eigenvalue weighted by Crippen LogP contribution is -2.08. The fraction of sp³-hybridized carbons (Fsp3) is 0.250. The van der Waals surface area contributed by atoms with Crippen molar-refractivity contribution in [3.05, 3.63) is 59.2 Å². The molecule has 4 heteroatoms. The third kappa shape index (κ3) is 3.07. The number of nitrogens with one attached hydrogen (secondary N) is 1. The Balaban J connectivity index is 2.22. The molecule has 0 fully saturated rings. The molecule has 0 aliphatic heterocycles. The average molecular weight is 277 g/mol. The minimum absolute atomic E-state index is 0.216. The van der Waals surface area contributed by atoms with Crippen molar-refractivity contribution in [1.82, 2.24) is 0 Å². The molecule has 0 radical (unpaired) electrons. The smallest absolute Gasteiger partial charge is 0.146 e. The standard InChI is InChI=1S/C16H17F2NO/c1-10-4-5-12(8-15(10)18)11(2)19-16-9-13(20-3)6-7-14(16)17/h4-9,11,19H,1-3H3. The van der Waals surface area contributed by atoms with Gasteiger partial charge >= 0.3 is 0 Å². The maximum Gasteiger partial charge on any atom is 0.146 e. The lowest BCUT2D eigenvalue weighted by molar-refractivity contribution is 0.414. The molecule has 0 aliphatic rings. The number of methoxy groups -OCH3 is 1. The van der Waals surface area contributed by atoms with E-state index in [-0.39, 0.29) is 17.7 Å². The molecule has 2 nitrogen and oxygen atoms in total. The van der Waals surface area contributed by atoms with E-state index in [0.29, 0.717) is 17.0 Å². The van der Waals surface area contributed by atoms with Gasteiger partial charge in [-0.2, -0.15) is 0 Å². The molecule has 0 aliphatic carbocycles. The van der Waals surface area contributed by atoms with Crippen LogP contribution < -0.4 is 10.1 Å². The van der Waals surface area contributed by atoms with Crippen molar-refractivity contribution in [2.45, 2.75) is 19.9 Å². The molecule has 0 amide bonds. The van der Waals surface area contributed by atoms with Crippen LogP contribution in [-0.2, 0) is 0 Å². The van der Waals surface area contributed by atoms with E-state index in [4.69, 9.17) is 4.74 Å². The van der Waals surface area contributed by atoms with E-state index < -0.39 is 0 Å². The third-order valence-electron chi connectivity index (χ3n) is 3.24. The van der Waals surface area contributed by atoms with Crippen LogP contribution in [0.4, 0.5) is 14.5 Å². The normalized spacial score (nSPS) is 12.1. The van der Waals surface area contributed by atoms with Gasteiger partial charge in [0.05, 0.1) is 12.8 Å². The summed E-state index contributed by atoms with van der Waals surface area (Å²) in [6.07, 6.45) is 0. The van der Waals surface area contributed by atoms with E-state index >= 15 is 0 Å². The number of ether oxygens (including phenoxy) is 1. The first-order valence-corrected chi connectivity index (χ1v) is 6.37. The number of hydrogen-bond acceptors (Lipinski definition) is 2. The van der Waals surface area contributed by atoms with Crippen molar-refractivity contribution < 1.29 is 13.5 Å². The van der Waals surface area contributed by atoms with E-state index in [1.54, 1.807) is 25.1 Å². The van der Waals surface area contributed by atoms with Crippen LogP contribution in [0, 0.1) is 18.6 Å². The number of aryl methyl sites for hydroxylation is 1. The molecule has 0 saturated heterocycles. The van der Waals surface area contributed by atoms with E-state index in [0.717, 1.165) is 5.56 Å². The minimum Gasteiger partial charge on any atom is -0.497 e. The van der Waals surface area contributed by atoms with Gasteiger partial charge < -0.3 is 10.1 Å². The first kappa shape index (κ1) is 14.3. The molecule has 0 bridgehead atoms. The van der Waals surface area contributed by atoms with Crippen LogP contribution >= 0.6 is 0 Å². The summed E-state index contributed by atoms with van der Waals surface area (Å²) in [5, 5.41) is 3.03. The molecule has 2 aromatic carbocycles. The average Bonchev–Trinajstić information content (AvgIpc) is 2.44. The summed E-state index contributed by atoms with van der Waals surface area (Å²) < 4.78 is 32.4. The first-order chi connectivity index (χ1) is 9.51. The fourth-order valence-electron chi connectivity index (χ4n) is 1.94. The maximum atomic E-state index is 13.7. The van der Waals surface area contributed by atoms with Gasteiger partial charge in [0.2, 0.25) is 0 Å². The predicted molar refractivity (Wildman–Crippen MR) is 76.1 cm³/mol. The molecular weight excluding hydrogens is 260 g/mol. The summed E-state index contributed by atoms with van der Waals surface area (Å²) in [7, 11) is 1.52. The molecule has 2 aromatic rings. The van der Waals surface area contributed by atoms with Crippen molar-refractivity contribution in [2.24, 2.45) is 0 Å². The van der Waals surface area contributed by atoms with Crippen LogP contribution in [0.15, 0.2) is 36.4 Å². The van der Waals surface area contributed by atoms with Gasteiger partial charge in [0.15, 0.2) is 0 Å². The molecule has 1 unspecified atom stereocenters. The number of hydrogen-bond donors (Lipinski definition) is 1. The van der Waals surface area contributed by atoms with Gasteiger partial charge in [-0.05, 0) is 43.2 Å². The Hall–Kier alpha value is -2.10. The fourth-order valence-corrected chi connectivity index (χ4v) is 1.94. The topological polar surface area (TPSA) is 21.3 Å². The molecule has 0 saturated carbocycles. The summed E-state index contributed by atoms with van der Waals surface area (Å²) in [6.45, 7) is 3.56. The van der Waals surface area contributed by atoms with Crippen molar-refractivity contribution in [3.8, 4) is 5.75 Å². The highest BCUT2D eigenvalue weighted by molar-refractivity contribution is 5.51. The molecular formula is C16H17F2NO. The molecule has 0 spiro atoms. The highest BCUT2D eigenvalue weighted by Gasteiger charge is 2.11. The van der Waals surface area contributed by atoms with Crippen LogP contribution in [0.1, 0.15) is 24.1 Å². The number of rotatable bonds is 4. The van der Waals surface area contributed by atoms with Crippen LogP contribution in [0.25, 0.3) is 0 Å². The van der Waals surface area contributed by atoms with E-state index in [2.05, 4.69) is 5.32 Å². The first-order valence-electron chi connectivity index (χ1n) is 6.37. The van der Waals surface area contributed by atoms with Crippen LogP contribution in [0.5, 0.6) is 5.75 Å². The summed E-state index contributed by atoms with van der Waals surface area (Å²) in [6, 6.07) is 9.26. The Morgan fingerprint density at radius 3 is 2.45 bits per heavy atom. The van der Waals surface area contributed by atoms with Gasteiger partial charge in [-0.1, -0.05) is 12.1 Å². The van der Waals surface area contributed by atoms with Crippen LogP contribution in [-0.4, -0.2) is 7.11 Å². The zero-order valence-electron chi connectivity index (χ0n) is 11.7. The van der Waals surface area contributed by atoms with Crippen LogP contribution in [0.3, 0.4) is 0 Å². The van der Waals surface area contributed by atoms with E-state index in [1.807, 2.05) is 13.0 Å². The minimum atomic E-state index is -0.370. The largest absolute Gasteiger partial charge is 0.497 e. The van der Waals surface area contributed by atoms with Crippen molar-refractivity contribution >= 4 is 5.69 Å². The number of benzene rings is 2. The Morgan fingerprint density at radius 2 is 1.80 bits per heavy atom. The second-order valence-corrected chi connectivity index (χ2v) is 4.72. The third-order valence-corrected chi connectivity index (χ3v) is 3.24. The SMILES string of the molecule is COc1ccc(F)c(NC(C)c2ccc(C)c(F)c2)c1. The molecule has 106 valence electrons. The molecule has 1 N–H and O–H groups in total. The summed E-state index contributed by atoms with van der Waals surface area (Å²) >= 11 is 0. The lowest BCUT2D eigenvalue weighted by Gasteiger charge is -2.17. The van der Waals surface area contributed by atoms with Gasteiger partial charge in [0, 0.05) is 12.1 Å². The zero-order chi connectivity index (χ0) is 14.7. The van der Waals surface area contributed by atoms with Gasteiger partial charge in [-0.15, -0.1) is 0 Å². The summed E-state index contributed by atoms with van der Waals surface area (Å²) in [4.78, 5) is 0. The van der Waals surface area contributed by atoms with Crippen molar-refractivity contribution in [1.29, 1.82) is 0 Å². The van der Waals surface area contributed by atoms with Gasteiger partial charge in [-0.3, -0.25) is 0 Å². The quantitative estimate of drug-likeness (QED) is 0.891. The Bertz CT molecular complexity index is 613. The molecule has 2 rings (SSSR count).